The first-order chi connectivity index (χ1) is 10.2. The highest BCUT2D eigenvalue weighted by Gasteiger charge is 2.25. The van der Waals surface area contributed by atoms with Gasteiger partial charge < -0.3 is 16.0 Å². The van der Waals surface area contributed by atoms with E-state index in [4.69, 9.17) is 11.6 Å². The van der Waals surface area contributed by atoms with E-state index < -0.39 is 17.7 Å². The van der Waals surface area contributed by atoms with Crippen LogP contribution in [0.2, 0.25) is 5.02 Å². The van der Waals surface area contributed by atoms with Gasteiger partial charge in [-0.05, 0) is 45.0 Å². The van der Waals surface area contributed by atoms with Crippen LogP contribution in [0.4, 0.5) is 15.3 Å². The van der Waals surface area contributed by atoms with Crippen LogP contribution in [0.1, 0.15) is 20.8 Å². The number of rotatable bonds is 4. The van der Waals surface area contributed by atoms with Crippen LogP contribution in [0.5, 0.6) is 0 Å². The Bertz CT molecular complexity index is 570. The van der Waals surface area contributed by atoms with E-state index >= 15 is 0 Å². The SMILES string of the molecule is CNC(=O)ON=C(C)C(C)(C)NC(=O)Nc1ccc(Cl)cc1. The van der Waals surface area contributed by atoms with Crippen molar-refractivity contribution in [1.82, 2.24) is 10.6 Å². The average Bonchev–Trinajstić information content (AvgIpc) is 2.46. The predicted molar refractivity (Wildman–Crippen MR) is 86.3 cm³/mol. The van der Waals surface area contributed by atoms with Crippen LogP contribution in [0.25, 0.3) is 0 Å². The molecule has 1 rings (SSSR count). The van der Waals surface area contributed by atoms with Gasteiger partial charge in [-0.15, -0.1) is 0 Å². The van der Waals surface area contributed by atoms with E-state index in [1.165, 1.54) is 7.05 Å². The van der Waals surface area contributed by atoms with Crippen molar-refractivity contribution in [3.8, 4) is 0 Å². The molecule has 0 unspecified atom stereocenters. The standard InChI is InChI=1S/C14H19ClN4O3/c1-9(19-22-13(21)16-4)14(2,3)18-12(20)17-11-7-5-10(15)6-8-11/h5-8H,1-4H3,(H,16,21)(H2,17,18,20). The van der Waals surface area contributed by atoms with Gasteiger partial charge in [-0.1, -0.05) is 16.8 Å². The third kappa shape index (κ3) is 5.61. The maximum absolute atomic E-state index is 12.0. The van der Waals surface area contributed by atoms with Gasteiger partial charge in [-0.3, -0.25) is 4.84 Å². The Morgan fingerprint density at radius 1 is 1.23 bits per heavy atom. The molecule has 0 bridgehead atoms. The van der Waals surface area contributed by atoms with Crippen LogP contribution in [-0.4, -0.2) is 30.4 Å². The van der Waals surface area contributed by atoms with E-state index in [9.17, 15) is 9.59 Å². The normalized spacial score (nSPS) is 11.6. The number of halogens is 1. The molecule has 0 saturated heterocycles. The first-order valence-electron chi connectivity index (χ1n) is 6.53. The minimum absolute atomic E-state index is 0.415. The quantitative estimate of drug-likeness (QED) is 0.451. The van der Waals surface area contributed by atoms with Crippen LogP contribution in [0.15, 0.2) is 29.4 Å². The van der Waals surface area contributed by atoms with Crippen molar-refractivity contribution < 1.29 is 14.4 Å². The summed E-state index contributed by atoms with van der Waals surface area (Å²) in [5, 5.41) is 11.9. The minimum Gasteiger partial charge on any atom is -0.328 e. The molecular weight excluding hydrogens is 308 g/mol. The van der Waals surface area contributed by atoms with Crippen molar-refractivity contribution in [3.05, 3.63) is 29.3 Å². The van der Waals surface area contributed by atoms with Crippen molar-refractivity contribution in [1.29, 1.82) is 0 Å². The summed E-state index contributed by atoms with van der Waals surface area (Å²) in [6.45, 7) is 5.12. The lowest BCUT2D eigenvalue weighted by Crippen LogP contribution is -2.50. The zero-order chi connectivity index (χ0) is 16.8. The Kier molecular flexibility index (Phi) is 6.18. The predicted octanol–water partition coefficient (Wildman–Crippen LogP) is 2.97. The molecular formula is C14H19ClN4O3. The molecule has 0 spiro atoms. The number of urea groups is 1. The first kappa shape index (κ1) is 17.8. The number of oxime groups is 1. The topological polar surface area (TPSA) is 91.8 Å². The fraction of sp³-hybridized carbons (Fsp3) is 0.357. The Labute approximate surface area is 134 Å². The average molecular weight is 327 g/mol. The van der Waals surface area contributed by atoms with E-state index in [0.29, 0.717) is 16.4 Å². The fourth-order valence-electron chi connectivity index (χ4n) is 1.34. The number of amides is 3. The molecule has 3 N–H and O–H groups in total. The third-order valence-electron chi connectivity index (χ3n) is 2.90. The fourth-order valence-corrected chi connectivity index (χ4v) is 1.47. The molecule has 120 valence electrons. The zero-order valence-electron chi connectivity index (χ0n) is 12.9. The molecule has 0 aliphatic rings. The Balaban J connectivity index is 2.64. The van der Waals surface area contributed by atoms with Crippen LogP contribution < -0.4 is 16.0 Å². The van der Waals surface area contributed by atoms with Gasteiger partial charge in [-0.2, -0.15) is 0 Å². The van der Waals surface area contributed by atoms with Crippen LogP contribution in [-0.2, 0) is 4.84 Å². The molecule has 3 amide bonds. The number of anilines is 1. The van der Waals surface area contributed by atoms with E-state index in [2.05, 4.69) is 25.9 Å². The summed E-state index contributed by atoms with van der Waals surface area (Å²) in [5.74, 6) is 0. The molecule has 0 aromatic heterocycles. The summed E-state index contributed by atoms with van der Waals surface area (Å²) in [5.41, 5.74) is 0.237. The molecule has 22 heavy (non-hydrogen) atoms. The number of nitrogens with one attached hydrogen (secondary N) is 3. The second-order valence-corrected chi connectivity index (χ2v) is 5.45. The maximum Gasteiger partial charge on any atom is 0.433 e. The number of nitrogens with zero attached hydrogens (tertiary/aromatic N) is 1. The van der Waals surface area contributed by atoms with Crippen molar-refractivity contribution in [3.63, 3.8) is 0 Å². The molecule has 0 fully saturated rings. The second kappa shape index (κ2) is 7.65. The Morgan fingerprint density at radius 3 is 2.36 bits per heavy atom. The van der Waals surface area contributed by atoms with Crippen LogP contribution >= 0.6 is 11.6 Å². The van der Waals surface area contributed by atoms with Gasteiger partial charge in [0.2, 0.25) is 0 Å². The van der Waals surface area contributed by atoms with E-state index in [0.717, 1.165) is 0 Å². The smallest absolute Gasteiger partial charge is 0.328 e. The van der Waals surface area contributed by atoms with Crippen molar-refractivity contribution in [2.75, 3.05) is 12.4 Å². The molecule has 0 radical (unpaired) electrons. The molecule has 8 heteroatoms. The molecule has 1 aromatic rings. The van der Waals surface area contributed by atoms with Gasteiger partial charge in [0.15, 0.2) is 0 Å². The summed E-state index contributed by atoms with van der Waals surface area (Å²) in [7, 11) is 1.43. The number of hydrogen-bond acceptors (Lipinski definition) is 4. The van der Waals surface area contributed by atoms with Crippen molar-refractivity contribution in [2.24, 2.45) is 5.16 Å². The Hall–Kier alpha value is -2.28. The number of benzene rings is 1. The second-order valence-electron chi connectivity index (χ2n) is 5.02. The zero-order valence-corrected chi connectivity index (χ0v) is 13.6. The van der Waals surface area contributed by atoms with Crippen molar-refractivity contribution >= 4 is 35.1 Å². The van der Waals surface area contributed by atoms with Crippen molar-refractivity contribution in [2.45, 2.75) is 26.3 Å². The van der Waals surface area contributed by atoms with Gasteiger partial charge in [0.05, 0.1) is 11.3 Å². The molecule has 1 aromatic carbocycles. The van der Waals surface area contributed by atoms with Gasteiger partial charge >= 0.3 is 12.1 Å². The van der Waals surface area contributed by atoms with Gasteiger partial charge in [0.1, 0.15) is 0 Å². The maximum atomic E-state index is 12.0. The molecule has 7 nitrogen and oxygen atoms in total. The number of hydrogen-bond donors (Lipinski definition) is 3. The first-order valence-corrected chi connectivity index (χ1v) is 6.91. The lowest BCUT2D eigenvalue weighted by molar-refractivity contribution is 0.152. The van der Waals surface area contributed by atoms with Gasteiger partial charge in [0.25, 0.3) is 0 Å². The summed E-state index contributed by atoms with van der Waals surface area (Å²) in [4.78, 5) is 27.6. The van der Waals surface area contributed by atoms with E-state index in [-0.39, 0.29) is 0 Å². The van der Waals surface area contributed by atoms with Crippen LogP contribution in [0, 0.1) is 0 Å². The van der Waals surface area contributed by atoms with E-state index in [1.807, 2.05) is 0 Å². The molecule has 0 atom stereocenters. The minimum atomic E-state index is -0.801. The summed E-state index contributed by atoms with van der Waals surface area (Å²) >= 11 is 5.78. The summed E-state index contributed by atoms with van der Waals surface area (Å²) in [6, 6.07) is 6.30. The largest absolute Gasteiger partial charge is 0.433 e. The number of carbonyl (C=O) groups excluding carboxylic acids is 2. The van der Waals surface area contributed by atoms with Gasteiger partial charge in [0, 0.05) is 17.8 Å². The monoisotopic (exact) mass is 326 g/mol. The lowest BCUT2D eigenvalue weighted by atomic mass is 10.0. The van der Waals surface area contributed by atoms with Gasteiger partial charge in [-0.25, -0.2) is 9.59 Å². The molecule has 0 aliphatic carbocycles. The number of carbonyl (C=O) groups is 2. The highest BCUT2D eigenvalue weighted by molar-refractivity contribution is 6.30. The third-order valence-corrected chi connectivity index (χ3v) is 3.15. The Morgan fingerprint density at radius 2 is 1.82 bits per heavy atom. The van der Waals surface area contributed by atoms with Crippen LogP contribution in [0.3, 0.4) is 0 Å². The lowest BCUT2D eigenvalue weighted by Gasteiger charge is -2.25. The molecule has 0 saturated carbocycles. The molecule has 0 aliphatic heterocycles. The highest BCUT2D eigenvalue weighted by Crippen LogP contribution is 2.14. The van der Waals surface area contributed by atoms with E-state index in [1.54, 1.807) is 45.0 Å². The summed E-state index contributed by atoms with van der Waals surface area (Å²) < 4.78 is 0. The summed E-state index contributed by atoms with van der Waals surface area (Å²) in [6.07, 6.45) is -0.680. The molecule has 0 heterocycles. The highest BCUT2D eigenvalue weighted by atomic mass is 35.5.